The third kappa shape index (κ3) is 5.84. The van der Waals surface area contributed by atoms with E-state index in [4.69, 9.17) is 14.5 Å². The second-order valence-corrected chi connectivity index (χ2v) is 17.3. The zero-order valence-electron chi connectivity index (χ0n) is 34.8. The second kappa shape index (κ2) is 15.1. The summed E-state index contributed by atoms with van der Waals surface area (Å²) in [4.78, 5) is 5.30. The summed E-state index contributed by atoms with van der Waals surface area (Å²) in [6.45, 7) is 8.68. The molecule has 10 aromatic rings. The van der Waals surface area contributed by atoms with E-state index < -0.39 is 5.41 Å². The van der Waals surface area contributed by atoms with E-state index in [0.29, 0.717) is 23.0 Å². The van der Waals surface area contributed by atoms with Crippen LogP contribution in [0.2, 0.25) is 0 Å². The molecule has 3 nitrogen and oxygen atoms in total. The summed E-state index contributed by atoms with van der Waals surface area (Å²) in [5.41, 5.74) is 13.9. The Morgan fingerprint density at radius 3 is 1.92 bits per heavy atom. The van der Waals surface area contributed by atoms with Crippen molar-refractivity contribution < 1.29 is 9.47 Å². The molecule has 2 aliphatic rings. The molecule has 2 aromatic heterocycles. The van der Waals surface area contributed by atoms with Crippen molar-refractivity contribution in [2.24, 2.45) is 0 Å². The van der Waals surface area contributed by atoms with Gasteiger partial charge in [-0.15, -0.1) is 11.3 Å². The number of fused-ring (bicyclic) bond motifs is 9. The number of hydrogen-bond donors (Lipinski definition) is 0. The molecule has 0 radical (unpaired) electrons. The number of rotatable bonds is 8. The molecule has 0 saturated carbocycles. The third-order valence-corrected chi connectivity index (χ3v) is 13.9. The minimum atomic E-state index is -0.559. The molecule has 0 saturated heterocycles. The molecule has 0 N–H and O–H groups in total. The van der Waals surface area contributed by atoms with Crippen LogP contribution in [0.25, 0.3) is 64.8 Å². The summed E-state index contributed by atoms with van der Waals surface area (Å²) < 4.78 is 16.3. The van der Waals surface area contributed by atoms with E-state index in [1.54, 1.807) is 0 Å². The normalized spacial score (nSPS) is 13.4. The summed E-state index contributed by atoms with van der Waals surface area (Å²) in [7, 11) is 0. The maximum absolute atomic E-state index is 7.09. The summed E-state index contributed by atoms with van der Waals surface area (Å²) in [5.74, 6) is 2.65. The number of benzene rings is 8. The zero-order valence-corrected chi connectivity index (χ0v) is 35.6. The van der Waals surface area contributed by atoms with Crippen molar-refractivity contribution >= 4 is 42.7 Å². The molecule has 0 atom stereocenters. The van der Waals surface area contributed by atoms with Gasteiger partial charge in [0.2, 0.25) is 0 Å². The maximum atomic E-state index is 7.09. The van der Waals surface area contributed by atoms with Gasteiger partial charge in [-0.05, 0) is 92.5 Å². The van der Waals surface area contributed by atoms with Gasteiger partial charge >= 0.3 is 0 Å². The number of aromatic nitrogens is 1. The zero-order chi connectivity index (χ0) is 42.8. The average molecular weight is 838 g/mol. The van der Waals surface area contributed by atoms with Crippen LogP contribution in [0.3, 0.4) is 0 Å². The Kier molecular flexibility index (Phi) is 8.89. The summed E-state index contributed by atoms with van der Waals surface area (Å²) in [6, 6.07) is 70.7. The van der Waals surface area contributed by atoms with Gasteiger partial charge in [-0.25, -0.2) is 4.98 Å². The number of pyridine rings is 1. The SMILES string of the molecule is C=C/C(=C(\C=C)c1cc(-c2ccc3c(c2)sc2ccccc23)cc(-c2ccccc2)n1)c1ccc2c(c1)Oc1c(ccc3c1-c1ccccc1C3(c1ccccc1)c1ccccc1)O2. The fourth-order valence-electron chi connectivity index (χ4n) is 9.96. The first-order valence-electron chi connectivity index (χ1n) is 21.5. The molecule has 0 unspecified atom stereocenters. The topological polar surface area (TPSA) is 31.4 Å². The van der Waals surface area contributed by atoms with Gasteiger partial charge in [-0.3, -0.25) is 0 Å². The summed E-state index contributed by atoms with van der Waals surface area (Å²) >= 11 is 1.82. The van der Waals surface area contributed by atoms with E-state index in [1.165, 1.54) is 36.9 Å². The van der Waals surface area contributed by atoms with Crippen LogP contribution >= 0.6 is 11.3 Å². The Balaban J connectivity index is 0.991. The van der Waals surface area contributed by atoms with Crippen molar-refractivity contribution in [2.45, 2.75) is 5.41 Å². The minimum absolute atomic E-state index is 0.559. The number of ether oxygens (including phenoxy) is 2. The molecule has 302 valence electrons. The number of allylic oxidation sites excluding steroid dienone is 4. The van der Waals surface area contributed by atoms with E-state index in [0.717, 1.165) is 61.5 Å². The number of thiophene rings is 1. The van der Waals surface area contributed by atoms with Crippen LogP contribution in [0.5, 0.6) is 23.0 Å². The molecule has 4 heteroatoms. The predicted molar refractivity (Wildman–Crippen MR) is 266 cm³/mol. The molecule has 0 fully saturated rings. The predicted octanol–water partition coefficient (Wildman–Crippen LogP) is 16.3. The molecule has 0 bridgehead atoms. The molecule has 0 amide bonds. The van der Waals surface area contributed by atoms with Crippen molar-refractivity contribution in [3.63, 3.8) is 0 Å². The Morgan fingerprint density at radius 2 is 1.16 bits per heavy atom. The fourth-order valence-corrected chi connectivity index (χ4v) is 11.1. The Labute approximate surface area is 376 Å². The highest BCUT2D eigenvalue weighted by atomic mass is 32.1. The average Bonchev–Trinajstić information content (AvgIpc) is 3.89. The smallest absolute Gasteiger partial charge is 0.178 e. The molecule has 1 aliphatic heterocycles. The summed E-state index contributed by atoms with van der Waals surface area (Å²) in [5, 5.41) is 2.55. The lowest BCUT2D eigenvalue weighted by Gasteiger charge is -2.34. The largest absolute Gasteiger partial charge is 0.449 e. The number of nitrogens with zero attached hydrogens (tertiary/aromatic N) is 1. The van der Waals surface area contributed by atoms with Crippen LogP contribution in [0, 0.1) is 0 Å². The van der Waals surface area contributed by atoms with Crippen LogP contribution in [0.15, 0.2) is 226 Å². The lowest BCUT2D eigenvalue weighted by molar-refractivity contribution is 0.360. The van der Waals surface area contributed by atoms with Crippen LogP contribution in [0.1, 0.15) is 33.5 Å². The van der Waals surface area contributed by atoms with Crippen LogP contribution in [-0.2, 0) is 5.41 Å². The van der Waals surface area contributed by atoms with Crippen molar-refractivity contribution in [1.29, 1.82) is 0 Å². The van der Waals surface area contributed by atoms with E-state index >= 15 is 0 Å². The van der Waals surface area contributed by atoms with Gasteiger partial charge in [-0.1, -0.05) is 183 Å². The molecule has 0 spiro atoms. The van der Waals surface area contributed by atoms with Crippen LogP contribution in [0.4, 0.5) is 0 Å². The Bertz CT molecular complexity index is 3490. The third-order valence-electron chi connectivity index (χ3n) is 12.8. The second-order valence-electron chi connectivity index (χ2n) is 16.2. The van der Waals surface area contributed by atoms with E-state index in [-0.39, 0.29) is 0 Å². The highest BCUT2D eigenvalue weighted by Crippen LogP contribution is 2.62. The van der Waals surface area contributed by atoms with Crippen molar-refractivity contribution in [1.82, 2.24) is 4.98 Å². The summed E-state index contributed by atoms with van der Waals surface area (Å²) in [6.07, 6.45) is 3.77. The van der Waals surface area contributed by atoms with Gasteiger partial charge in [0, 0.05) is 36.9 Å². The van der Waals surface area contributed by atoms with Gasteiger partial charge in [0.1, 0.15) is 0 Å². The van der Waals surface area contributed by atoms with E-state index in [2.05, 4.69) is 201 Å². The highest BCUT2D eigenvalue weighted by molar-refractivity contribution is 7.25. The number of hydrogen-bond acceptors (Lipinski definition) is 4. The lowest BCUT2D eigenvalue weighted by Crippen LogP contribution is -2.28. The maximum Gasteiger partial charge on any atom is 0.178 e. The van der Waals surface area contributed by atoms with Gasteiger partial charge in [0.05, 0.1) is 16.8 Å². The van der Waals surface area contributed by atoms with Gasteiger partial charge in [0.15, 0.2) is 23.0 Å². The minimum Gasteiger partial charge on any atom is -0.449 e. The first-order valence-corrected chi connectivity index (χ1v) is 22.3. The van der Waals surface area contributed by atoms with Gasteiger partial charge in [-0.2, -0.15) is 0 Å². The highest BCUT2D eigenvalue weighted by Gasteiger charge is 2.48. The molecule has 3 heterocycles. The molecule has 12 rings (SSSR count). The first kappa shape index (κ1) is 37.7. The van der Waals surface area contributed by atoms with Crippen molar-refractivity contribution in [3.05, 3.63) is 259 Å². The van der Waals surface area contributed by atoms with Gasteiger partial charge in [0.25, 0.3) is 0 Å². The molecular formula is C60H39NO2S. The van der Waals surface area contributed by atoms with E-state index in [9.17, 15) is 0 Å². The Hall–Kier alpha value is -8.05. The standard InChI is InChI=1S/C60H39NO2S/c1-3-44(45(4-2)52-35-41(34-51(61-52)38-18-8-5-9-19-38)39-28-30-47-46-24-15-17-27-56(46)64-57(47)37-39)40-29-32-53-55(36-40)63-59-54(62-53)33-31-50-58(59)48-25-14-16-26-49(48)60(50,42-20-10-6-11-21-42)43-22-12-7-13-23-43/h3-37H,1-2H2/b45-44-. The molecular weight excluding hydrogens is 799 g/mol. The van der Waals surface area contributed by atoms with E-state index in [1.807, 2.05) is 35.6 Å². The van der Waals surface area contributed by atoms with Crippen LogP contribution < -0.4 is 9.47 Å². The fraction of sp³-hybridized carbons (Fsp3) is 0.0167. The molecule has 64 heavy (non-hydrogen) atoms. The monoisotopic (exact) mass is 837 g/mol. The van der Waals surface area contributed by atoms with Crippen molar-refractivity contribution in [3.8, 4) is 56.5 Å². The van der Waals surface area contributed by atoms with Crippen molar-refractivity contribution in [2.75, 3.05) is 0 Å². The molecule has 8 aromatic carbocycles. The lowest BCUT2D eigenvalue weighted by atomic mass is 9.68. The first-order chi connectivity index (χ1) is 31.6. The quantitative estimate of drug-likeness (QED) is 0.143. The van der Waals surface area contributed by atoms with Gasteiger partial charge < -0.3 is 9.47 Å². The molecule has 1 aliphatic carbocycles. The van der Waals surface area contributed by atoms with Crippen LogP contribution in [-0.4, -0.2) is 4.98 Å². The Morgan fingerprint density at radius 1 is 0.484 bits per heavy atom.